The molecule has 130 valence electrons. The second-order valence-corrected chi connectivity index (χ2v) is 6.91. The van der Waals surface area contributed by atoms with Gasteiger partial charge in [-0.25, -0.2) is 4.79 Å². The number of carboxylic acid groups (broad SMARTS) is 1. The molecule has 1 N–H and O–H groups in total. The summed E-state index contributed by atoms with van der Waals surface area (Å²) in [6.45, 7) is 1.93. The van der Waals surface area contributed by atoms with Gasteiger partial charge in [0.1, 0.15) is 5.75 Å². The van der Waals surface area contributed by atoms with Crippen molar-refractivity contribution < 1.29 is 14.6 Å². The van der Waals surface area contributed by atoms with Crippen LogP contribution in [-0.4, -0.2) is 53.9 Å². The fourth-order valence-corrected chi connectivity index (χ4v) is 4.20. The molecule has 3 heterocycles. The monoisotopic (exact) mass is 339 g/mol. The van der Waals surface area contributed by atoms with Crippen LogP contribution in [0.1, 0.15) is 5.56 Å². The van der Waals surface area contributed by atoms with Gasteiger partial charge in [0.15, 0.2) is 0 Å². The molecule has 0 bridgehead atoms. The number of rotatable bonds is 4. The Morgan fingerprint density at radius 1 is 1.32 bits per heavy atom. The number of benzene rings is 1. The van der Waals surface area contributed by atoms with Crippen molar-refractivity contribution in [2.24, 2.45) is 5.41 Å². The van der Waals surface area contributed by atoms with Crippen LogP contribution in [0.2, 0.25) is 0 Å². The number of ether oxygens (including phenoxy) is 1. The summed E-state index contributed by atoms with van der Waals surface area (Å²) in [5, 5.41) is 9.47. The first-order chi connectivity index (χ1) is 12.1. The fraction of sp³-hybridized carbons (Fsp3) is 0.368. The zero-order valence-corrected chi connectivity index (χ0v) is 14.1. The van der Waals surface area contributed by atoms with E-state index in [-0.39, 0.29) is 11.5 Å². The van der Waals surface area contributed by atoms with Gasteiger partial charge in [-0.15, -0.1) is 0 Å². The molecule has 2 fully saturated rings. The van der Waals surface area contributed by atoms with E-state index in [1.54, 1.807) is 18.2 Å². The Morgan fingerprint density at radius 3 is 2.84 bits per heavy atom. The van der Waals surface area contributed by atoms with Crippen LogP contribution >= 0.6 is 0 Å². The van der Waals surface area contributed by atoms with Gasteiger partial charge in [0.05, 0.1) is 31.2 Å². The molecule has 2 aliphatic heterocycles. The van der Waals surface area contributed by atoms with Crippen LogP contribution < -0.4 is 9.64 Å². The lowest BCUT2D eigenvalue weighted by Gasteiger charge is -2.54. The quantitative estimate of drug-likeness (QED) is 0.927. The van der Waals surface area contributed by atoms with Gasteiger partial charge in [0.25, 0.3) is 0 Å². The SMILES string of the molecule is COc1cncc(N2C[C@@]3(Cc4ccccc4)CN(C(=O)O)C[C@@H]23)c1. The van der Waals surface area contributed by atoms with E-state index < -0.39 is 6.09 Å². The van der Waals surface area contributed by atoms with Crippen molar-refractivity contribution in [1.29, 1.82) is 0 Å². The van der Waals surface area contributed by atoms with Gasteiger partial charge in [0, 0.05) is 31.1 Å². The molecule has 25 heavy (non-hydrogen) atoms. The Labute approximate surface area is 146 Å². The zero-order valence-electron chi connectivity index (χ0n) is 14.1. The molecule has 2 aromatic rings. The van der Waals surface area contributed by atoms with Crippen LogP contribution in [0, 0.1) is 5.41 Å². The third-order valence-electron chi connectivity index (χ3n) is 5.40. The molecule has 1 aromatic carbocycles. The molecule has 0 saturated carbocycles. The van der Waals surface area contributed by atoms with Crippen LogP contribution in [0.15, 0.2) is 48.8 Å². The van der Waals surface area contributed by atoms with Crippen molar-refractivity contribution in [1.82, 2.24) is 9.88 Å². The number of carbonyl (C=O) groups is 1. The van der Waals surface area contributed by atoms with Crippen molar-refractivity contribution in [3.05, 3.63) is 54.4 Å². The van der Waals surface area contributed by atoms with Gasteiger partial charge in [0.2, 0.25) is 0 Å². The smallest absolute Gasteiger partial charge is 0.407 e. The van der Waals surface area contributed by atoms with Crippen LogP contribution in [0.3, 0.4) is 0 Å². The van der Waals surface area contributed by atoms with Gasteiger partial charge < -0.3 is 19.6 Å². The maximum Gasteiger partial charge on any atom is 0.407 e. The second-order valence-electron chi connectivity index (χ2n) is 6.91. The van der Waals surface area contributed by atoms with Gasteiger partial charge in [-0.05, 0) is 12.0 Å². The Morgan fingerprint density at radius 2 is 2.12 bits per heavy atom. The first-order valence-electron chi connectivity index (χ1n) is 8.39. The highest BCUT2D eigenvalue weighted by Gasteiger charge is 2.58. The molecule has 2 saturated heterocycles. The molecular formula is C19H21N3O3. The summed E-state index contributed by atoms with van der Waals surface area (Å²) in [6, 6.07) is 12.4. The largest absolute Gasteiger partial charge is 0.495 e. The lowest BCUT2D eigenvalue weighted by molar-refractivity contribution is 0.144. The summed E-state index contributed by atoms with van der Waals surface area (Å²) in [5.74, 6) is 0.714. The molecule has 0 spiro atoms. The Hall–Kier alpha value is -2.76. The van der Waals surface area contributed by atoms with Crippen molar-refractivity contribution in [3.8, 4) is 5.75 Å². The van der Waals surface area contributed by atoms with Crippen LogP contribution in [0.5, 0.6) is 5.75 Å². The maximum absolute atomic E-state index is 11.5. The summed E-state index contributed by atoms with van der Waals surface area (Å²) in [5.41, 5.74) is 2.20. The van der Waals surface area contributed by atoms with E-state index in [0.717, 1.165) is 18.7 Å². The van der Waals surface area contributed by atoms with Crippen LogP contribution in [0.4, 0.5) is 10.5 Å². The fourth-order valence-electron chi connectivity index (χ4n) is 4.20. The lowest BCUT2D eigenvalue weighted by atomic mass is 9.69. The number of aromatic nitrogens is 1. The second kappa shape index (κ2) is 5.95. The summed E-state index contributed by atoms with van der Waals surface area (Å²) in [7, 11) is 1.62. The van der Waals surface area contributed by atoms with Crippen molar-refractivity contribution >= 4 is 11.8 Å². The molecule has 4 rings (SSSR count). The number of likely N-dealkylation sites (tertiary alicyclic amines) is 1. The molecular weight excluding hydrogens is 318 g/mol. The highest BCUT2D eigenvalue weighted by Crippen LogP contribution is 2.48. The summed E-state index contributed by atoms with van der Waals surface area (Å²) < 4.78 is 5.27. The highest BCUT2D eigenvalue weighted by atomic mass is 16.5. The number of nitrogens with zero attached hydrogens (tertiary/aromatic N) is 3. The number of fused-ring (bicyclic) bond motifs is 1. The first-order valence-corrected chi connectivity index (χ1v) is 8.39. The average molecular weight is 339 g/mol. The minimum atomic E-state index is -0.842. The molecule has 1 aromatic heterocycles. The predicted molar refractivity (Wildman–Crippen MR) is 94.1 cm³/mol. The minimum Gasteiger partial charge on any atom is -0.495 e. The molecule has 1 amide bonds. The van der Waals surface area contributed by atoms with E-state index >= 15 is 0 Å². The standard InChI is InChI=1S/C19H21N3O3/c1-25-16-7-15(9-20-10-16)22-13-19(8-14-5-3-2-4-6-14)12-21(18(23)24)11-17(19)22/h2-7,9-10,17H,8,11-13H2,1H3,(H,23,24)/t17-,19-/m1/s1. The number of pyridine rings is 1. The zero-order chi connectivity index (χ0) is 17.4. The number of anilines is 1. The normalized spacial score (nSPS) is 24.6. The van der Waals surface area contributed by atoms with Gasteiger partial charge in [-0.3, -0.25) is 4.98 Å². The van der Waals surface area contributed by atoms with Crippen molar-refractivity contribution in [3.63, 3.8) is 0 Å². The summed E-state index contributed by atoms with van der Waals surface area (Å²) in [4.78, 5) is 19.6. The Kier molecular flexibility index (Phi) is 3.75. The molecule has 0 unspecified atom stereocenters. The number of methoxy groups -OCH3 is 1. The van der Waals surface area contributed by atoms with E-state index in [0.29, 0.717) is 18.8 Å². The lowest BCUT2D eigenvalue weighted by Crippen LogP contribution is -2.65. The topological polar surface area (TPSA) is 65.9 Å². The Balaban J connectivity index is 1.61. The molecule has 2 aliphatic rings. The first kappa shape index (κ1) is 15.7. The Bertz CT molecular complexity index is 782. The van der Waals surface area contributed by atoms with Crippen LogP contribution in [0.25, 0.3) is 0 Å². The average Bonchev–Trinajstić information content (AvgIpc) is 2.90. The van der Waals surface area contributed by atoms with Gasteiger partial charge in [-0.1, -0.05) is 30.3 Å². The third-order valence-corrected chi connectivity index (χ3v) is 5.40. The predicted octanol–water partition coefficient (Wildman–Crippen LogP) is 2.50. The maximum atomic E-state index is 11.5. The minimum absolute atomic E-state index is 0.0389. The number of hydrogen-bond acceptors (Lipinski definition) is 4. The molecule has 6 heteroatoms. The van der Waals surface area contributed by atoms with Crippen LogP contribution in [-0.2, 0) is 6.42 Å². The molecule has 0 aliphatic carbocycles. The van der Waals surface area contributed by atoms with E-state index in [1.165, 1.54) is 5.56 Å². The van der Waals surface area contributed by atoms with Gasteiger partial charge in [-0.2, -0.15) is 0 Å². The van der Waals surface area contributed by atoms with Crippen molar-refractivity contribution in [2.75, 3.05) is 31.6 Å². The third kappa shape index (κ3) is 2.67. The summed E-state index contributed by atoms with van der Waals surface area (Å²) in [6.07, 6.45) is 3.54. The van der Waals surface area contributed by atoms with E-state index in [1.807, 2.05) is 30.5 Å². The molecule has 0 radical (unpaired) electrons. The highest BCUT2D eigenvalue weighted by molar-refractivity contribution is 5.67. The van der Waals surface area contributed by atoms with E-state index in [9.17, 15) is 9.90 Å². The summed E-state index contributed by atoms with van der Waals surface area (Å²) >= 11 is 0. The van der Waals surface area contributed by atoms with E-state index in [4.69, 9.17) is 4.74 Å². The molecule has 6 nitrogen and oxygen atoms in total. The van der Waals surface area contributed by atoms with Crippen molar-refractivity contribution in [2.45, 2.75) is 12.5 Å². The number of amides is 1. The number of hydrogen-bond donors (Lipinski definition) is 1. The molecule has 2 atom stereocenters. The van der Waals surface area contributed by atoms with Gasteiger partial charge >= 0.3 is 6.09 Å². The van der Waals surface area contributed by atoms with E-state index in [2.05, 4.69) is 22.0 Å².